The van der Waals surface area contributed by atoms with Gasteiger partial charge in [-0.1, -0.05) is 38.3 Å². The molecule has 1 atom stereocenters. The molecule has 0 bridgehead atoms. The second-order valence-corrected chi connectivity index (χ2v) is 5.36. The number of nitrogens with one attached hydrogen (secondary N) is 1. The Kier molecular flexibility index (Phi) is 6.34. The number of hydrogen-bond acceptors (Lipinski definition) is 2. The van der Waals surface area contributed by atoms with Gasteiger partial charge in [0.1, 0.15) is 0 Å². The van der Waals surface area contributed by atoms with Gasteiger partial charge >= 0.3 is 0 Å². The molecule has 0 aromatic heterocycles. The van der Waals surface area contributed by atoms with Crippen LogP contribution in [-0.2, 0) is 0 Å². The minimum absolute atomic E-state index is 0.547. The normalized spacial score (nSPS) is 12.3. The Balaban J connectivity index is 2.69. The minimum atomic E-state index is 0.547. The van der Waals surface area contributed by atoms with Crippen LogP contribution in [-0.4, -0.2) is 20.1 Å². The van der Waals surface area contributed by atoms with Gasteiger partial charge in [-0.2, -0.15) is 0 Å². The van der Waals surface area contributed by atoms with E-state index in [1.54, 1.807) is 0 Å². The molecule has 0 saturated carbocycles. The lowest BCUT2D eigenvalue weighted by Crippen LogP contribution is -2.18. The zero-order valence-electron chi connectivity index (χ0n) is 12.0. The summed E-state index contributed by atoms with van der Waals surface area (Å²) in [5.41, 5.74) is 2.18. The molecule has 1 N–H and O–H groups in total. The predicted molar refractivity (Wildman–Crippen MR) is 83.0 cm³/mol. The van der Waals surface area contributed by atoms with E-state index >= 15 is 0 Å². The molecule has 0 radical (unpaired) electrons. The third-order valence-electron chi connectivity index (χ3n) is 3.20. The van der Waals surface area contributed by atoms with E-state index in [1.807, 2.05) is 25.1 Å². The zero-order chi connectivity index (χ0) is 13.5. The summed E-state index contributed by atoms with van der Waals surface area (Å²) in [4.78, 5) is 2.03. The van der Waals surface area contributed by atoms with Gasteiger partial charge in [-0.25, -0.2) is 0 Å². The SMILES string of the molecule is CCCCC(CC)Nc1ccc(N(C)C)c(Cl)c1. The van der Waals surface area contributed by atoms with Crippen molar-refractivity contribution in [2.75, 3.05) is 24.3 Å². The Hall–Kier alpha value is -0.890. The second-order valence-electron chi connectivity index (χ2n) is 4.95. The smallest absolute Gasteiger partial charge is 0.0659 e. The highest BCUT2D eigenvalue weighted by Crippen LogP contribution is 2.28. The third-order valence-corrected chi connectivity index (χ3v) is 3.50. The van der Waals surface area contributed by atoms with E-state index in [9.17, 15) is 0 Å². The van der Waals surface area contributed by atoms with E-state index in [0.717, 1.165) is 22.8 Å². The highest BCUT2D eigenvalue weighted by atomic mass is 35.5. The van der Waals surface area contributed by atoms with E-state index < -0.39 is 0 Å². The van der Waals surface area contributed by atoms with Crippen LogP contribution in [0.25, 0.3) is 0 Å². The van der Waals surface area contributed by atoms with Crippen LogP contribution in [0.1, 0.15) is 39.5 Å². The number of anilines is 2. The third kappa shape index (κ3) is 4.41. The van der Waals surface area contributed by atoms with E-state index in [0.29, 0.717) is 6.04 Å². The van der Waals surface area contributed by atoms with Crippen molar-refractivity contribution >= 4 is 23.0 Å². The molecule has 0 aliphatic heterocycles. The molecule has 0 spiro atoms. The number of unbranched alkanes of at least 4 members (excludes halogenated alkanes) is 1. The Morgan fingerprint density at radius 2 is 2.00 bits per heavy atom. The topological polar surface area (TPSA) is 15.3 Å². The standard InChI is InChI=1S/C15H25ClN2/c1-5-7-8-12(6-2)17-13-9-10-15(18(3)4)14(16)11-13/h9-12,17H,5-8H2,1-4H3. The van der Waals surface area contributed by atoms with Crippen molar-refractivity contribution in [2.24, 2.45) is 0 Å². The van der Waals surface area contributed by atoms with Crippen LogP contribution in [0, 0.1) is 0 Å². The van der Waals surface area contributed by atoms with Gasteiger partial charge in [-0.15, -0.1) is 0 Å². The number of halogens is 1. The Labute approximate surface area is 116 Å². The summed E-state index contributed by atoms with van der Waals surface area (Å²) in [5.74, 6) is 0. The molecular weight excluding hydrogens is 244 g/mol. The van der Waals surface area contributed by atoms with Crippen molar-refractivity contribution < 1.29 is 0 Å². The molecule has 1 aromatic rings. The van der Waals surface area contributed by atoms with Crippen LogP contribution in [0.3, 0.4) is 0 Å². The summed E-state index contributed by atoms with van der Waals surface area (Å²) in [6.07, 6.45) is 4.89. The minimum Gasteiger partial charge on any atom is -0.382 e. The predicted octanol–water partition coefficient (Wildman–Crippen LogP) is 4.79. The molecule has 0 aliphatic rings. The Bertz CT molecular complexity index is 364. The second kappa shape index (κ2) is 7.52. The van der Waals surface area contributed by atoms with Crippen LogP contribution >= 0.6 is 11.6 Å². The quantitative estimate of drug-likeness (QED) is 0.765. The molecule has 2 nitrogen and oxygen atoms in total. The molecule has 0 heterocycles. The zero-order valence-corrected chi connectivity index (χ0v) is 12.7. The van der Waals surface area contributed by atoms with Gasteiger partial charge in [0.05, 0.1) is 10.7 Å². The van der Waals surface area contributed by atoms with Gasteiger partial charge in [-0.05, 0) is 31.0 Å². The molecule has 1 unspecified atom stereocenters. The molecule has 1 aromatic carbocycles. The van der Waals surface area contributed by atoms with Crippen LogP contribution < -0.4 is 10.2 Å². The van der Waals surface area contributed by atoms with Crippen molar-refractivity contribution in [3.63, 3.8) is 0 Å². The lowest BCUT2D eigenvalue weighted by molar-refractivity contribution is 0.593. The van der Waals surface area contributed by atoms with E-state index in [-0.39, 0.29) is 0 Å². The summed E-state index contributed by atoms with van der Waals surface area (Å²) in [5, 5.41) is 4.37. The molecule has 1 rings (SSSR count). The highest BCUT2D eigenvalue weighted by molar-refractivity contribution is 6.33. The van der Waals surface area contributed by atoms with Gasteiger partial charge in [0.25, 0.3) is 0 Å². The fourth-order valence-corrected chi connectivity index (χ4v) is 2.37. The average Bonchev–Trinajstić information content (AvgIpc) is 2.34. The first-order chi connectivity index (χ1) is 8.58. The van der Waals surface area contributed by atoms with Gasteiger partial charge in [-0.3, -0.25) is 0 Å². The summed E-state index contributed by atoms with van der Waals surface area (Å²) in [6.45, 7) is 4.46. The maximum absolute atomic E-state index is 6.27. The van der Waals surface area contributed by atoms with Crippen molar-refractivity contribution in [1.29, 1.82) is 0 Å². The van der Waals surface area contributed by atoms with Gasteiger partial charge in [0, 0.05) is 25.8 Å². The molecular formula is C15H25ClN2. The van der Waals surface area contributed by atoms with Gasteiger partial charge < -0.3 is 10.2 Å². The number of nitrogens with zero attached hydrogens (tertiary/aromatic N) is 1. The lowest BCUT2D eigenvalue weighted by atomic mass is 10.1. The summed E-state index contributed by atoms with van der Waals surface area (Å²) in [6, 6.07) is 6.74. The van der Waals surface area contributed by atoms with Crippen molar-refractivity contribution in [3.8, 4) is 0 Å². The molecule has 102 valence electrons. The first-order valence-corrected chi connectivity index (χ1v) is 7.19. The Morgan fingerprint density at radius 1 is 1.28 bits per heavy atom. The van der Waals surface area contributed by atoms with Crippen LogP contribution in [0.5, 0.6) is 0 Å². The van der Waals surface area contributed by atoms with E-state index in [1.165, 1.54) is 19.3 Å². The lowest BCUT2D eigenvalue weighted by Gasteiger charge is -2.20. The summed E-state index contributed by atoms with van der Waals surface area (Å²) < 4.78 is 0. The maximum atomic E-state index is 6.27. The first-order valence-electron chi connectivity index (χ1n) is 6.81. The first kappa shape index (κ1) is 15.2. The van der Waals surface area contributed by atoms with Crippen molar-refractivity contribution in [3.05, 3.63) is 23.2 Å². The molecule has 3 heteroatoms. The fraction of sp³-hybridized carbons (Fsp3) is 0.600. The molecule has 0 aliphatic carbocycles. The van der Waals surface area contributed by atoms with Gasteiger partial charge in [0.15, 0.2) is 0 Å². The highest BCUT2D eigenvalue weighted by Gasteiger charge is 2.08. The van der Waals surface area contributed by atoms with Crippen molar-refractivity contribution in [2.45, 2.75) is 45.6 Å². The van der Waals surface area contributed by atoms with Crippen LogP contribution in [0.4, 0.5) is 11.4 Å². The molecule has 0 saturated heterocycles. The fourth-order valence-electron chi connectivity index (χ4n) is 2.02. The number of hydrogen-bond donors (Lipinski definition) is 1. The van der Waals surface area contributed by atoms with Crippen LogP contribution in [0.15, 0.2) is 18.2 Å². The van der Waals surface area contributed by atoms with E-state index in [4.69, 9.17) is 11.6 Å². The molecule has 18 heavy (non-hydrogen) atoms. The van der Waals surface area contributed by atoms with Crippen LogP contribution in [0.2, 0.25) is 5.02 Å². The van der Waals surface area contributed by atoms with E-state index in [2.05, 4.69) is 31.3 Å². The largest absolute Gasteiger partial charge is 0.382 e. The maximum Gasteiger partial charge on any atom is 0.0659 e. The summed E-state index contributed by atoms with van der Waals surface area (Å²) >= 11 is 6.27. The van der Waals surface area contributed by atoms with Gasteiger partial charge in [0.2, 0.25) is 0 Å². The summed E-state index contributed by atoms with van der Waals surface area (Å²) in [7, 11) is 4.01. The molecule has 0 fully saturated rings. The van der Waals surface area contributed by atoms with Crippen molar-refractivity contribution in [1.82, 2.24) is 0 Å². The number of benzene rings is 1. The molecule has 0 amide bonds. The average molecular weight is 269 g/mol. The number of rotatable bonds is 7. The Morgan fingerprint density at radius 3 is 2.50 bits per heavy atom. The monoisotopic (exact) mass is 268 g/mol.